The average molecular weight is 720 g/mol. The number of aliphatic carboxylic acids is 2. The zero-order chi connectivity index (χ0) is 37.7. The molecule has 0 aliphatic carbocycles. The van der Waals surface area contributed by atoms with Crippen LogP contribution in [-0.4, -0.2) is 41.1 Å². The van der Waals surface area contributed by atoms with Crippen LogP contribution < -0.4 is 0 Å². The van der Waals surface area contributed by atoms with Crippen molar-refractivity contribution in [2.75, 3.05) is 14.1 Å². The minimum Gasteiger partial charge on any atom is -0.481 e. The summed E-state index contributed by atoms with van der Waals surface area (Å²) in [5.74, 6) is -1.35. The number of nitrogens with zero attached hydrogens (tertiary/aromatic N) is 1. The number of carbonyl (C=O) groups is 2. The third kappa shape index (κ3) is 33.0. The molecule has 0 atom stereocenters. The molecule has 0 unspecified atom stereocenters. The average Bonchev–Trinajstić information content (AvgIpc) is 3.10. The second-order valence-electron chi connectivity index (χ2n) is 15.1. The number of unbranched alkanes of at least 4 members (excludes halogenated alkanes) is 18. The number of benzene rings is 1. The van der Waals surface area contributed by atoms with Gasteiger partial charge in [-0.25, -0.2) is 0 Å². The first-order valence-electron chi connectivity index (χ1n) is 21.2. The molecule has 0 saturated heterocycles. The van der Waals surface area contributed by atoms with Gasteiger partial charge in [0.2, 0.25) is 0 Å². The number of hydrogen-bond donors (Lipinski definition) is 2. The summed E-state index contributed by atoms with van der Waals surface area (Å²) in [5, 5.41) is 17.3. The molecule has 0 heterocycles. The Balaban J connectivity index is 2.13. The van der Waals surface area contributed by atoms with Crippen molar-refractivity contribution in [2.45, 2.75) is 186 Å². The van der Waals surface area contributed by atoms with Gasteiger partial charge in [-0.15, -0.1) is 0 Å². The first-order valence-corrected chi connectivity index (χ1v) is 21.2. The van der Waals surface area contributed by atoms with Crippen molar-refractivity contribution in [1.82, 2.24) is 4.90 Å². The molecule has 5 nitrogen and oxygen atoms in total. The molecular formula is C47H77NO4. The Bertz CT molecular complexity index is 1050. The van der Waals surface area contributed by atoms with Crippen LogP contribution in [-0.2, 0) is 29.0 Å². The monoisotopic (exact) mass is 720 g/mol. The summed E-state index contributed by atoms with van der Waals surface area (Å²) in [6, 6.07) is 7.37. The van der Waals surface area contributed by atoms with E-state index < -0.39 is 11.9 Å². The van der Waals surface area contributed by atoms with Gasteiger partial charge in [0.25, 0.3) is 0 Å². The second-order valence-corrected chi connectivity index (χ2v) is 15.1. The Kier molecular flexibility index (Phi) is 31.8. The number of rotatable bonds is 36. The fourth-order valence-corrected chi connectivity index (χ4v) is 6.63. The molecular weight excluding hydrogens is 643 g/mol. The number of carboxylic acid groups (broad SMARTS) is 2. The van der Waals surface area contributed by atoms with Gasteiger partial charge >= 0.3 is 11.9 Å². The van der Waals surface area contributed by atoms with E-state index in [4.69, 9.17) is 10.2 Å². The van der Waals surface area contributed by atoms with E-state index in [9.17, 15) is 9.59 Å². The highest BCUT2D eigenvalue weighted by Crippen LogP contribution is 2.18. The van der Waals surface area contributed by atoms with Crippen LogP contribution in [0.15, 0.2) is 66.8 Å². The molecule has 0 aliphatic rings. The molecule has 2 N–H and O–H groups in total. The highest BCUT2D eigenvalue weighted by atomic mass is 16.4. The summed E-state index contributed by atoms with van der Waals surface area (Å²) in [6.45, 7) is 1.01. The Morgan fingerprint density at radius 3 is 1.10 bits per heavy atom. The van der Waals surface area contributed by atoms with E-state index >= 15 is 0 Å². The maximum Gasteiger partial charge on any atom is 0.303 e. The molecule has 0 amide bonds. The van der Waals surface area contributed by atoms with Crippen molar-refractivity contribution in [3.63, 3.8) is 0 Å². The number of carboxylic acids is 2. The van der Waals surface area contributed by atoms with Crippen LogP contribution in [0.25, 0.3) is 0 Å². The van der Waals surface area contributed by atoms with Crippen LogP contribution in [0.4, 0.5) is 0 Å². The molecule has 0 saturated carbocycles. The number of allylic oxidation sites excluding steroid dienone is 8. The highest BCUT2D eigenvalue weighted by molar-refractivity contribution is 5.66. The van der Waals surface area contributed by atoms with Crippen LogP contribution >= 0.6 is 0 Å². The highest BCUT2D eigenvalue weighted by Gasteiger charge is 2.04. The fraction of sp³-hybridized carbons (Fsp3) is 0.660. The summed E-state index contributed by atoms with van der Waals surface area (Å²) < 4.78 is 0. The van der Waals surface area contributed by atoms with Gasteiger partial charge in [0.05, 0.1) is 0 Å². The minimum absolute atomic E-state index is 0.310. The largest absolute Gasteiger partial charge is 0.481 e. The number of hydrogen-bond acceptors (Lipinski definition) is 3. The molecule has 0 fully saturated rings. The Morgan fingerprint density at radius 1 is 0.442 bits per heavy atom. The van der Waals surface area contributed by atoms with Crippen LogP contribution in [0.1, 0.15) is 184 Å². The van der Waals surface area contributed by atoms with Crippen molar-refractivity contribution >= 4 is 11.9 Å². The predicted octanol–water partition coefficient (Wildman–Crippen LogP) is 13.4. The molecule has 52 heavy (non-hydrogen) atoms. The third-order valence-electron chi connectivity index (χ3n) is 9.52. The minimum atomic E-state index is -0.676. The van der Waals surface area contributed by atoms with E-state index in [2.05, 4.69) is 85.8 Å². The third-order valence-corrected chi connectivity index (χ3v) is 9.52. The molecule has 0 radical (unpaired) electrons. The molecule has 1 aromatic carbocycles. The smallest absolute Gasteiger partial charge is 0.303 e. The van der Waals surface area contributed by atoms with Crippen molar-refractivity contribution in [1.29, 1.82) is 0 Å². The Labute approximate surface area is 319 Å². The zero-order valence-electron chi connectivity index (χ0n) is 33.5. The molecule has 1 rings (SSSR count). The standard InChI is InChI=1S/C47H77NO4/c1-48(2)42-45-40-43(35-31-27-23-19-15-11-7-3-5-9-13-17-21-25-29-33-37-46(49)50)39-44(41-45)36-32-28-24-20-16-12-8-4-6-10-14-18-22-26-30-34-38-47(51)52/h5-12,39-41H,3-4,13-38,42H2,1-2H3,(H,49,50)(H,51,52)/b9-5-,10-6-,11-7-,12-8-. The molecule has 0 bridgehead atoms. The first-order chi connectivity index (χ1) is 25.4. The Hall–Kier alpha value is -2.92. The van der Waals surface area contributed by atoms with E-state index in [1.54, 1.807) is 0 Å². The van der Waals surface area contributed by atoms with E-state index in [-0.39, 0.29) is 0 Å². The summed E-state index contributed by atoms with van der Waals surface area (Å²) in [5.41, 5.74) is 4.50. The quantitative estimate of drug-likeness (QED) is 0.0533. The SMILES string of the molecule is CN(C)Cc1cc(CCCCCC/C=C\C/C=C\CCCCCCCC(=O)O)cc(CCCCCC/C=C\C/C=C\CCCCCCCC(=O)O)c1. The van der Waals surface area contributed by atoms with Gasteiger partial charge < -0.3 is 15.1 Å². The summed E-state index contributed by atoms with van der Waals surface area (Å²) in [6.07, 6.45) is 49.3. The first kappa shape index (κ1) is 47.1. The van der Waals surface area contributed by atoms with Crippen LogP contribution in [0.2, 0.25) is 0 Å². The zero-order valence-corrected chi connectivity index (χ0v) is 33.5. The fourth-order valence-electron chi connectivity index (χ4n) is 6.63. The van der Waals surface area contributed by atoms with E-state index in [0.717, 1.165) is 70.8 Å². The maximum absolute atomic E-state index is 10.5. The second kappa shape index (κ2) is 35.1. The molecule has 0 aromatic heterocycles. The molecule has 0 spiro atoms. The van der Waals surface area contributed by atoms with Crippen molar-refractivity contribution in [2.24, 2.45) is 0 Å². The molecule has 5 heteroatoms. The lowest BCUT2D eigenvalue weighted by Crippen LogP contribution is -2.11. The lowest BCUT2D eigenvalue weighted by atomic mass is 9.97. The van der Waals surface area contributed by atoms with Gasteiger partial charge in [0, 0.05) is 19.4 Å². The van der Waals surface area contributed by atoms with Gasteiger partial charge in [0.15, 0.2) is 0 Å². The Morgan fingerprint density at radius 2 is 0.750 bits per heavy atom. The van der Waals surface area contributed by atoms with E-state index in [1.165, 1.54) is 119 Å². The lowest BCUT2D eigenvalue weighted by molar-refractivity contribution is -0.138. The maximum atomic E-state index is 10.5. The topological polar surface area (TPSA) is 77.8 Å². The van der Waals surface area contributed by atoms with Gasteiger partial charge in [0.1, 0.15) is 0 Å². The predicted molar refractivity (Wildman–Crippen MR) is 223 cm³/mol. The van der Waals surface area contributed by atoms with E-state index in [0.29, 0.717) is 12.8 Å². The van der Waals surface area contributed by atoms with E-state index in [1.807, 2.05) is 0 Å². The van der Waals surface area contributed by atoms with Crippen molar-refractivity contribution in [3.8, 4) is 0 Å². The normalized spacial score (nSPS) is 12.1. The van der Waals surface area contributed by atoms with Crippen LogP contribution in [0.5, 0.6) is 0 Å². The molecule has 0 aliphatic heterocycles. The van der Waals surface area contributed by atoms with Gasteiger partial charge in [-0.3, -0.25) is 9.59 Å². The molecule has 294 valence electrons. The van der Waals surface area contributed by atoms with Crippen LogP contribution in [0.3, 0.4) is 0 Å². The van der Waals surface area contributed by atoms with Crippen molar-refractivity contribution in [3.05, 3.63) is 83.5 Å². The van der Waals surface area contributed by atoms with Gasteiger partial charge in [-0.2, -0.15) is 0 Å². The van der Waals surface area contributed by atoms with Crippen LogP contribution in [0, 0.1) is 0 Å². The summed E-state index contributed by atoms with van der Waals surface area (Å²) >= 11 is 0. The van der Waals surface area contributed by atoms with Gasteiger partial charge in [-0.05, 0) is 134 Å². The van der Waals surface area contributed by atoms with Gasteiger partial charge in [-0.1, -0.05) is 131 Å². The summed E-state index contributed by atoms with van der Waals surface area (Å²) in [4.78, 5) is 23.3. The summed E-state index contributed by atoms with van der Waals surface area (Å²) in [7, 11) is 4.33. The molecule has 1 aromatic rings. The van der Waals surface area contributed by atoms with Crippen molar-refractivity contribution < 1.29 is 19.8 Å². The number of aryl methyl sites for hydroxylation is 2. The lowest BCUT2D eigenvalue weighted by Gasteiger charge is -2.14.